The quantitative estimate of drug-likeness (QED) is 0.912. The second kappa shape index (κ2) is 6.39. The molecular weight excluding hydrogens is 257 g/mol. The molecule has 0 spiro atoms. The number of nitrogens with two attached hydrogens (primary N) is 1. The normalized spacial score (nSPS) is 12.0. The molecular formula is C16H18FNO2. The number of methoxy groups -OCH3 is 2. The largest absolute Gasteiger partial charge is 0.497 e. The predicted molar refractivity (Wildman–Crippen MR) is 76.6 cm³/mol. The zero-order chi connectivity index (χ0) is 14.5. The molecule has 0 aliphatic heterocycles. The monoisotopic (exact) mass is 275 g/mol. The van der Waals surface area contributed by atoms with Gasteiger partial charge in [0, 0.05) is 11.6 Å². The molecule has 2 N–H and O–H groups in total. The number of benzene rings is 2. The van der Waals surface area contributed by atoms with Gasteiger partial charge in [-0.3, -0.25) is 0 Å². The lowest BCUT2D eigenvalue weighted by molar-refractivity contribution is 0.397. The van der Waals surface area contributed by atoms with Gasteiger partial charge in [0.15, 0.2) is 0 Å². The van der Waals surface area contributed by atoms with Crippen LogP contribution in [0.1, 0.15) is 17.2 Å². The van der Waals surface area contributed by atoms with Gasteiger partial charge in [-0.05, 0) is 36.2 Å². The van der Waals surface area contributed by atoms with Crippen LogP contribution < -0.4 is 15.2 Å². The van der Waals surface area contributed by atoms with E-state index in [4.69, 9.17) is 15.2 Å². The van der Waals surface area contributed by atoms with E-state index in [0.29, 0.717) is 12.0 Å². The third-order valence-electron chi connectivity index (χ3n) is 3.23. The third-order valence-corrected chi connectivity index (χ3v) is 3.23. The maximum absolute atomic E-state index is 13.7. The second-order valence-corrected chi connectivity index (χ2v) is 4.51. The molecule has 0 radical (unpaired) electrons. The summed E-state index contributed by atoms with van der Waals surface area (Å²) in [6, 6.07) is 11.6. The molecule has 20 heavy (non-hydrogen) atoms. The van der Waals surface area contributed by atoms with Crippen molar-refractivity contribution in [3.8, 4) is 11.5 Å². The van der Waals surface area contributed by atoms with Crippen LogP contribution in [0, 0.1) is 5.82 Å². The molecule has 2 aromatic carbocycles. The summed E-state index contributed by atoms with van der Waals surface area (Å²) in [4.78, 5) is 0. The highest BCUT2D eigenvalue weighted by Crippen LogP contribution is 2.28. The van der Waals surface area contributed by atoms with E-state index in [2.05, 4.69) is 0 Å². The minimum absolute atomic E-state index is 0.290. The molecule has 0 aromatic heterocycles. The first kappa shape index (κ1) is 14.3. The molecule has 2 rings (SSSR count). The minimum Gasteiger partial charge on any atom is -0.497 e. The molecule has 2 aromatic rings. The van der Waals surface area contributed by atoms with E-state index in [0.717, 1.165) is 17.1 Å². The van der Waals surface area contributed by atoms with Crippen LogP contribution in [0.15, 0.2) is 42.5 Å². The summed E-state index contributed by atoms with van der Waals surface area (Å²) in [6.45, 7) is 0. The first-order chi connectivity index (χ1) is 9.65. The van der Waals surface area contributed by atoms with Crippen LogP contribution in [0.4, 0.5) is 4.39 Å². The van der Waals surface area contributed by atoms with Gasteiger partial charge in [-0.2, -0.15) is 0 Å². The molecule has 4 heteroatoms. The molecule has 0 saturated carbocycles. The van der Waals surface area contributed by atoms with Gasteiger partial charge >= 0.3 is 0 Å². The lowest BCUT2D eigenvalue weighted by Crippen LogP contribution is -2.15. The average Bonchev–Trinajstić information content (AvgIpc) is 2.47. The smallest absolute Gasteiger partial charge is 0.127 e. The predicted octanol–water partition coefficient (Wildman–Crippen LogP) is 3.09. The molecule has 106 valence electrons. The molecule has 1 atom stereocenters. The van der Waals surface area contributed by atoms with Crippen molar-refractivity contribution in [2.24, 2.45) is 5.73 Å². The average molecular weight is 275 g/mol. The standard InChI is InChI=1S/C16H18FNO2/c1-19-12-7-8-16(20-2)11(9-12)10-15(18)13-5-3-4-6-14(13)17/h3-9,15H,10,18H2,1-2H3. The van der Waals surface area contributed by atoms with Crippen molar-refractivity contribution in [1.82, 2.24) is 0 Å². The number of hydrogen-bond donors (Lipinski definition) is 1. The van der Waals surface area contributed by atoms with Crippen LogP contribution in [0.3, 0.4) is 0 Å². The minimum atomic E-state index is -0.433. The first-order valence-corrected chi connectivity index (χ1v) is 6.36. The van der Waals surface area contributed by atoms with E-state index in [1.807, 2.05) is 18.2 Å². The summed E-state index contributed by atoms with van der Waals surface area (Å²) < 4.78 is 24.2. The fraction of sp³-hybridized carbons (Fsp3) is 0.250. The van der Waals surface area contributed by atoms with Crippen molar-refractivity contribution in [3.63, 3.8) is 0 Å². The maximum Gasteiger partial charge on any atom is 0.127 e. The van der Waals surface area contributed by atoms with E-state index in [1.54, 1.807) is 32.4 Å². The highest BCUT2D eigenvalue weighted by Gasteiger charge is 2.14. The maximum atomic E-state index is 13.7. The van der Waals surface area contributed by atoms with E-state index in [-0.39, 0.29) is 5.82 Å². The summed E-state index contributed by atoms with van der Waals surface area (Å²) in [5.74, 6) is 1.15. The van der Waals surface area contributed by atoms with Gasteiger partial charge < -0.3 is 15.2 Å². The molecule has 0 aliphatic carbocycles. The number of halogens is 1. The molecule has 0 bridgehead atoms. The van der Waals surface area contributed by atoms with E-state index < -0.39 is 6.04 Å². The van der Waals surface area contributed by atoms with Gasteiger partial charge in [0.25, 0.3) is 0 Å². The second-order valence-electron chi connectivity index (χ2n) is 4.51. The Bertz CT molecular complexity index is 586. The number of hydrogen-bond acceptors (Lipinski definition) is 3. The first-order valence-electron chi connectivity index (χ1n) is 6.36. The van der Waals surface area contributed by atoms with Crippen molar-refractivity contribution in [2.75, 3.05) is 14.2 Å². The van der Waals surface area contributed by atoms with Crippen molar-refractivity contribution < 1.29 is 13.9 Å². The summed E-state index contributed by atoms with van der Waals surface area (Å²) in [5.41, 5.74) is 7.50. The zero-order valence-corrected chi connectivity index (χ0v) is 11.6. The van der Waals surface area contributed by atoms with Gasteiger partial charge in [-0.1, -0.05) is 18.2 Å². The van der Waals surface area contributed by atoms with E-state index in [9.17, 15) is 4.39 Å². The van der Waals surface area contributed by atoms with Gasteiger partial charge in [0.2, 0.25) is 0 Å². The molecule has 0 heterocycles. The Kier molecular flexibility index (Phi) is 4.58. The van der Waals surface area contributed by atoms with Crippen molar-refractivity contribution >= 4 is 0 Å². The Hall–Kier alpha value is -2.07. The summed E-state index contributed by atoms with van der Waals surface area (Å²) in [5, 5.41) is 0. The van der Waals surface area contributed by atoms with Gasteiger partial charge in [0.1, 0.15) is 17.3 Å². The Morgan fingerprint density at radius 3 is 2.50 bits per heavy atom. The van der Waals surface area contributed by atoms with E-state index >= 15 is 0 Å². The lowest BCUT2D eigenvalue weighted by atomic mass is 9.98. The zero-order valence-electron chi connectivity index (χ0n) is 11.6. The topological polar surface area (TPSA) is 44.5 Å². The van der Waals surface area contributed by atoms with Crippen LogP contribution in [-0.4, -0.2) is 14.2 Å². The van der Waals surface area contributed by atoms with Gasteiger partial charge in [-0.15, -0.1) is 0 Å². The van der Waals surface area contributed by atoms with Crippen molar-refractivity contribution in [1.29, 1.82) is 0 Å². The molecule has 0 amide bonds. The van der Waals surface area contributed by atoms with Crippen molar-refractivity contribution in [3.05, 3.63) is 59.4 Å². The van der Waals surface area contributed by atoms with Crippen LogP contribution >= 0.6 is 0 Å². The van der Waals surface area contributed by atoms with E-state index in [1.165, 1.54) is 6.07 Å². The molecule has 1 unspecified atom stereocenters. The SMILES string of the molecule is COc1ccc(OC)c(CC(N)c2ccccc2F)c1. The Labute approximate surface area is 118 Å². The molecule has 0 fully saturated rings. The highest BCUT2D eigenvalue weighted by molar-refractivity contribution is 5.41. The number of rotatable bonds is 5. The van der Waals surface area contributed by atoms with Crippen LogP contribution in [0.2, 0.25) is 0 Å². The number of ether oxygens (including phenoxy) is 2. The van der Waals surface area contributed by atoms with Gasteiger partial charge in [0.05, 0.1) is 14.2 Å². The molecule has 3 nitrogen and oxygen atoms in total. The highest BCUT2D eigenvalue weighted by atomic mass is 19.1. The van der Waals surface area contributed by atoms with Crippen LogP contribution in [0.25, 0.3) is 0 Å². The van der Waals surface area contributed by atoms with Crippen LogP contribution in [-0.2, 0) is 6.42 Å². The Morgan fingerprint density at radius 1 is 1.10 bits per heavy atom. The van der Waals surface area contributed by atoms with Gasteiger partial charge in [-0.25, -0.2) is 4.39 Å². The molecule has 0 aliphatic rings. The fourth-order valence-electron chi connectivity index (χ4n) is 2.16. The third kappa shape index (κ3) is 3.08. The molecule has 0 saturated heterocycles. The van der Waals surface area contributed by atoms with Crippen molar-refractivity contribution in [2.45, 2.75) is 12.5 Å². The fourth-order valence-corrected chi connectivity index (χ4v) is 2.16. The summed E-state index contributed by atoms with van der Waals surface area (Å²) in [7, 11) is 3.20. The summed E-state index contributed by atoms with van der Waals surface area (Å²) >= 11 is 0. The Morgan fingerprint density at radius 2 is 1.85 bits per heavy atom. The summed E-state index contributed by atoms with van der Waals surface area (Å²) in [6.07, 6.45) is 0.474. The lowest BCUT2D eigenvalue weighted by Gasteiger charge is -2.16. The van der Waals surface area contributed by atoms with Crippen LogP contribution in [0.5, 0.6) is 11.5 Å². The Balaban J connectivity index is 2.27.